The first kappa shape index (κ1) is 24.7. The van der Waals surface area contributed by atoms with E-state index >= 15 is 0 Å². The maximum absolute atomic E-state index is 12.5. The summed E-state index contributed by atoms with van der Waals surface area (Å²) in [4.78, 5) is 49.2. The number of nitro benzene ring substituents is 1. The first-order valence-electron chi connectivity index (χ1n) is 11.1. The van der Waals surface area contributed by atoms with E-state index in [1.54, 1.807) is 12.1 Å². The molecule has 3 rings (SSSR count). The summed E-state index contributed by atoms with van der Waals surface area (Å²) in [7, 11) is 0. The predicted octanol–water partition coefficient (Wildman–Crippen LogP) is 2.95. The zero-order valence-corrected chi connectivity index (χ0v) is 18.9. The molecule has 0 saturated carbocycles. The molecule has 0 bridgehead atoms. The maximum Gasteiger partial charge on any atom is 0.408 e. The number of nitrogens with zero attached hydrogens (tertiary/aromatic N) is 2. The van der Waals surface area contributed by atoms with Crippen molar-refractivity contribution in [2.75, 3.05) is 18.0 Å². The molecule has 1 atom stereocenters. The van der Waals surface area contributed by atoms with E-state index in [0.29, 0.717) is 25.9 Å². The number of hydrogen-bond donors (Lipinski definition) is 2. The Balaban J connectivity index is 1.44. The Kier molecular flexibility index (Phi) is 8.55. The van der Waals surface area contributed by atoms with Crippen molar-refractivity contribution in [1.82, 2.24) is 10.6 Å². The third-order valence-corrected chi connectivity index (χ3v) is 5.65. The minimum atomic E-state index is -0.978. The van der Waals surface area contributed by atoms with Crippen LogP contribution in [0.15, 0.2) is 54.6 Å². The topological polar surface area (TPSA) is 131 Å². The average Bonchev–Trinajstić information content (AvgIpc) is 2.83. The maximum atomic E-state index is 12.5. The quantitative estimate of drug-likeness (QED) is 0.427. The molecule has 1 saturated heterocycles. The van der Waals surface area contributed by atoms with Gasteiger partial charge in [0.25, 0.3) is 5.69 Å². The highest BCUT2D eigenvalue weighted by molar-refractivity contribution is 5.90. The molecule has 2 aromatic rings. The highest BCUT2D eigenvalue weighted by Crippen LogP contribution is 2.24. The molecule has 0 unspecified atom stereocenters. The van der Waals surface area contributed by atoms with Gasteiger partial charge in [-0.2, -0.15) is 0 Å². The van der Waals surface area contributed by atoms with E-state index in [0.717, 1.165) is 11.3 Å². The van der Waals surface area contributed by atoms with E-state index in [1.807, 2.05) is 41.3 Å². The molecule has 1 aliphatic rings. The number of benzene rings is 2. The molecule has 2 aromatic carbocycles. The summed E-state index contributed by atoms with van der Waals surface area (Å²) in [6.45, 7) is 2.64. The van der Waals surface area contributed by atoms with Crippen LogP contribution in [0.25, 0.3) is 0 Å². The van der Waals surface area contributed by atoms with Crippen molar-refractivity contribution in [1.29, 1.82) is 0 Å². The highest BCUT2D eigenvalue weighted by atomic mass is 16.6. The number of carbonyl (C=O) groups excluding carboxylic acids is 3. The lowest BCUT2D eigenvalue weighted by Gasteiger charge is -2.34. The number of piperidine rings is 1. The lowest BCUT2D eigenvalue weighted by atomic mass is 10.0. The van der Waals surface area contributed by atoms with Crippen LogP contribution in [0.5, 0.6) is 0 Å². The molecule has 0 radical (unpaired) electrons. The molecule has 2 amide bonds. The number of Topliss-reactive ketones (excluding diaryl/α,β-unsaturated/α-hetero) is 1. The van der Waals surface area contributed by atoms with Crippen molar-refractivity contribution in [3.8, 4) is 0 Å². The zero-order valence-electron chi connectivity index (χ0n) is 18.9. The summed E-state index contributed by atoms with van der Waals surface area (Å²) in [6.07, 6.45) is 0.375. The molecule has 10 heteroatoms. The lowest BCUT2D eigenvalue weighted by Crippen LogP contribution is -2.48. The minimum Gasteiger partial charge on any atom is -0.445 e. The van der Waals surface area contributed by atoms with Crippen molar-refractivity contribution in [3.63, 3.8) is 0 Å². The Morgan fingerprint density at radius 2 is 1.82 bits per heavy atom. The molecule has 0 spiro atoms. The number of carbonyl (C=O) groups is 3. The summed E-state index contributed by atoms with van der Waals surface area (Å²) in [5.74, 6) is -0.676. The molecule has 0 aliphatic carbocycles. The van der Waals surface area contributed by atoms with Gasteiger partial charge in [0.15, 0.2) is 5.78 Å². The van der Waals surface area contributed by atoms with Crippen LogP contribution in [0, 0.1) is 10.1 Å². The van der Waals surface area contributed by atoms with Gasteiger partial charge in [0, 0.05) is 37.0 Å². The Morgan fingerprint density at radius 3 is 2.47 bits per heavy atom. The van der Waals surface area contributed by atoms with Gasteiger partial charge in [0.05, 0.1) is 17.4 Å². The Hall–Kier alpha value is -3.95. The second-order valence-corrected chi connectivity index (χ2v) is 8.18. The van der Waals surface area contributed by atoms with E-state index in [9.17, 15) is 24.5 Å². The highest BCUT2D eigenvalue weighted by Gasteiger charge is 2.25. The third-order valence-electron chi connectivity index (χ3n) is 5.65. The number of anilines is 1. The van der Waals surface area contributed by atoms with E-state index in [4.69, 9.17) is 4.74 Å². The van der Waals surface area contributed by atoms with Crippen molar-refractivity contribution in [2.24, 2.45) is 0 Å². The molecule has 1 fully saturated rings. The number of non-ortho nitro benzene ring substituents is 1. The summed E-state index contributed by atoms with van der Waals surface area (Å²) in [5.41, 5.74) is 1.62. The van der Waals surface area contributed by atoms with Crippen LogP contribution in [-0.4, -0.2) is 47.9 Å². The fourth-order valence-corrected chi connectivity index (χ4v) is 3.76. The van der Waals surface area contributed by atoms with Crippen LogP contribution < -0.4 is 15.5 Å². The molecule has 180 valence electrons. The van der Waals surface area contributed by atoms with Gasteiger partial charge in [0.1, 0.15) is 6.61 Å². The molecular formula is C24H28N4O6. The van der Waals surface area contributed by atoms with Gasteiger partial charge in [-0.25, -0.2) is 4.79 Å². The van der Waals surface area contributed by atoms with Crippen LogP contribution in [0.4, 0.5) is 16.2 Å². The molecule has 10 nitrogen and oxygen atoms in total. The lowest BCUT2D eigenvalue weighted by molar-refractivity contribution is -0.384. The summed E-state index contributed by atoms with van der Waals surface area (Å²) in [6, 6.07) is 14.5. The molecule has 1 aliphatic heterocycles. The fourth-order valence-electron chi connectivity index (χ4n) is 3.76. The molecule has 0 aromatic heterocycles. The molecule has 2 N–H and O–H groups in total. The Morgan fingerprint density at radius 1 is 1.12 bits per heavy atom. The van der Waals surface area contributed by atoms with Gasteiger partial charge in [-0.05, 0) is 31.4 Å². The number of ether oxygens (including phenoxy) is 1. The summed E-state index contributed by atoms with van der Waals surface area (Å²) < 4.78 is 5.14. The fraction of sp³-hybridized carbons (Fsp3) is 0.375. The third kappa shape index (κ3) is 7.29. The first-order chi connectivity index (χ1) is 16.3. The van der Waals surface area contributed by atoms with Gasteiger partial charge in [-0.1, -0.05) is 36.4 Å². The molecule has 1 heterocycles. The number of nitro groups is 1. The second-order valence-electron chi connectivity index (χ2n) is 8.18. The number of rotatable bonds is 9. The number of amides is 2. The van der Waals surface area contributed by atoms with Gasteiger partial charge in [-0.3, -0.25) is 19.7 Å². The van der Waals surface area contributed by atoms with Crippen molar-refractivity contribution >= 4 is 29.2 Å². The van der Waals surface area contributed by atoms with E-state index in [1.165, 1.54) is 13.0 Å². The normalized spacial score (nSPS) is 14.7. The SMILES string of the molecule is CC(=O)[C@H](CC(=O)NC1CCN(c2cccc([N+](=O)[O-])c2)CC1)NC(=O)OCc1ccccc1. The largest absolute Gasteiger partial charge is 0.445 e. The second kappa shape index (κ2) is 11.8. The van der Waals surface area contributed by atoms with Crippen molar-refractivity contribution in [3.05, 3.63) is 70.3 Å². The number of hydrogen-bond acceptors (Lipinski definition) is 7. The zero-order chi connectivity index (χ0) is 24.5. The summed E-state index contributed by atoms with van der Waals surface area (Å²) >= 11 is 0. The standard InChI is InChI=1S/C24H28N4O6/c1-17(29)22(26-24(31)34-16-18-6-3-2-4-7-18)15-23(30)25-19-10-12-27(13-11-19)20-8-5-9-21(14-20)28(32)33/h2-9,14,19,22H,10-13,15-16H2,1H3,(H,25,30)(H,26,31)/t22-/m0/s1. The van der Waals surface area contributed by atoms with Crippen LogP contribution >= 0.6 is 0 Å². The van der Waals surface area contributed by atoms with Crippen LogP contribution in [0.3, 0.4) is 0 Å². The number of nitrogens with one attached hydrogen (secondary N) is 2. The van der Waals surface area contributed by atoms with Crippen molar-refractivity contribution in [2.45, 2.75) is 44.9 Å². The summed E-state index contributed by atoms with van der Waals surface area (Å²) in [5, 5.41) is 16.4. The van der Waals surface area contributed by atoms with Gasteiger partial charge in [0.2, 0.25) is 5.91 Å². The molecular weight excluding hydrogens is 440 g/mol. The van der Waals surface area contributed by atoms with Gasteiger partial charge in [-0.15, -0.1) is 0 Å². The van der Waals surface area contributed by atoms with Crippen LogP contribution in [-0.2, 0) is 20.9 Å². The van der Waals surface area contributed by atoms with Crippen molar-refractivity contribution < 1.29 is 24.0 Å². The predicted molar refractivity (Wildman–Crippen MR) is 125 cm³/mol. The average molecular weight is 469 g/mol. The smallest absolute Gasteiger partial charge is 0.408 e. The minimum absolute atomic E-state index is 0.0398. The monoisotopic (exact) mass is 468 g/mol. The number of ketones is 1. The Bertz CT molecular complexity index is 1020. The molecule has 34 heavy (non-hydrogen) atoms. The Labute approximate surface area is 197 Å². The number of alkyl carbamates (subject to hydrolysis) is 1. The van der Waals surface area contributed by atoms with E-state index in [2.05, 4.69) is 10.6 Å². The van der Waals surface area contributed by atoms with Crippen LogP contribution in [0.2, 0.25) is 0 Å². The first-order valence-corrected chi connectivity index (χ1v) is 11.1. The van der Waals surface area contributed by atoms with E-state index in [-0.39, 0.29) is 36.4 Å². The van der Waals surface area contributed by atoms with E-state index < -0.39 is 17.1 Å². The van der Waals surface area contributed by atoms with Gasteiger partial charge >= 0.3 is 6.09 Å². The van der Waals surface area contributed by atoms with Gasteiger partial charge < -0.3 is 20.3 Å². The van der Waals surface area contributed by atoms with Crippen LogP contribution in [0.1, 0.15) is 31.7 Å².